The first-order valence-corrected chi connectivity index (χ1v) is 8.67. The standard InChI is InChI=1S/C18H17NO2S/c20-18(19-8-9-22-12-19)21-11-14-5-3-7-16-15-6-2-1-4-13(15)10-17(14)16/h1-7H,8-12H2. The van der Waals surface area contributed by atoms with Crippen LogP contribution >= 0.6 is 11.8 Å². The number of fused-ring (bicyclic) bond motifs is 3. The summed E-state index contributed by atoms with van der Waals surface area (Å²) in [5, 5.41) is 0. The molecule has 0 unspecified atom stereocenters. The summed E-state index contributed by atoms with van der Waals surface area (Å²) in [5.41, 5.74) is 6.36. The average Bonchev–Trinajstić information content (AvgIpc) is 3.20. The normalized spacial score (nSPS) is 15.5. The van der Waals surface area contributed by atoms with Gasteiger partial charge >= 0.3 is 6.09 Å². The number of nitrogens with zero attached hydrogens (tertiary/aromatic N) is 1. The highest BCUT2D eigenvalue weighted by Gasteiger charge is 2.23. The Kier molecular flexibility index (Phi) is 3.54. The molecule has 1 fully saturated rings. The van der Waals surface area contributed by atoms with Crippen molar-refractivity contribution in [2.75, 3.05) is 18.2 Å². The van der Waals surface area contributed by atoms with Crippen molar-refractivity contribution in [1.29, 1.82) is 0 Å². The van der Waals surface area contributed by atoms with Gasteiger partial charge in [0.05, 0.1) is 5.88 Å². The van der Waals surface area contributed by atoms with E-state index in [0.717, 1.165) is 30.2 Å². The molecule has 3 nitrogen and oxygen atoms in total. The number of rotatable bonds is 2. The van der Waals surface area contributed by atoms with E-state index >= 15 is 0 Å². The van der Waals surface area contributed by atoms with Crippen LogP contribution in [-0.4, -0.2) is 29.2 Å². The third kappa shape index (κ3) is 2.37. The molecule has 2 aliphatic rings. The van der Waals surface area contributed by atoms with Gasteiger partial charge in [-0.25, -0.2) is 4.79 Å². The molecule has 0 aromatic heterocycles. The maximum Gasteiger partial charge on any atom is 0.410 e. The Morgan fingerprint density at radius 3 is 2.86 bits per heavy atom. The highest BCUT2D eigenvalue weighted by atomic mass is 32.2. The van der Waals surface area contributed by atoms with Crippen molar-refractivity contribution in [3.8, 4) is 11.1 Å². The van der Waals surface area contributed by atoms with Gasteiger partial charge in [-0.05, 0) is 34.2 Å². The van der Waals surface area contributed by atoms with Gasteiger partial charge in [0.2, 0.25) is 0 Å². The second kappa shape index (κ2) is 5.69. The monoisotopic (exact) mass is 311 g/mol. The molecule has 4 heteroatoms. The van der Waals surface area contributed by atoms with Gasteiger partial charge in [-0.15, -0.1) is 11.8 Å². The molecule has 2 aromatic rings. The molecule has 1 aliphatic carbocycles. The van der Waals surface area contributed by atoms with Gasteiger partial charge in [0.25, 0.3) is 0 Å². The van der Waals surface area contributed by atoms with E-state index in [-0.39, 0.29) is 6.09 Å². The zero-order valence-electron chi connectivity index (χ0n) is 12.2. The predicted octanol–water partition coefficient (Wildman–Crippen LogP) is 3.90. The Morgan fingerprint density at radius 1 is 1.14 bits per heavy atom. The highest BCUT2D eigenvalue weighted by Crippen LogP contribution is 2.38. The van der Waals surface area contributed by atoms with Gasteiger partial charge in [-0.2, -0.15) is 0 Å². The topological polar surface area (TPSA) is 29.5 Å². The molecule has 0 bridgehead atoms. The number of benzene rings is 2. The van der Waals surface area contributed by atoms with Crippen LogP contribution in [0.1, 0.15) is 16.7 Å². The largest absolute Gasteiger partial charge is 0.445 e. The highest BCUT2D eigenvalue weighted by molar-refractivity contribution is 7.99. The lowest BCUT2D eigenvalue weighted by Crippen LogP contribution is -2.28. The molecule has 0 spiro atoms. The van der Waals surface area contributed by atoms with Crippen molar-refractivity contribution in [3.05, 3.63) is 59.2 Å². The summed E-state index contributed by atoms with van der Waals surface area (Å²) < 4.78 is 5.51. The third-order valence-electron chi connectivity index (χ3n) is 4.31. The quantitative estimate of drug-likeness (QED) is 0.719. The molecular formula is C18H17NO2S. The zero-order chi connectivity index (χ0) is 14.9. The molecule has 2 aromatic carbocycles. The van der Waals surface area contributed by atoms with Crippen molar-refractivity contribution < 1.29 is 9.53 Å². The van der Waals surface area contributed by atoms with Crippen LogP contribution in [0.4, 0.5) is 4.79 Å². The number of thioether (sulfide) groups is 1. The van der Waals surface area contributed by atoms with Gasteiger partial charge in [0.1, 0.15) is 6.61 Å². The summed E-state index contributed by atoms with van der Waals surface area (Å²) >= 11 is 1.77. The average molecular weight is 311 g/mol. The molecule has 0 atom stereocenters. The minimum Gasteiger partial charge on any atom is -0.445 e. The zero-order valence-corrected chi connectivity index (χ0v) is 13.1. The summed E-state index contributed by atoms with van der Waals surface area (Å²) in [5.74, 6) is 1.75. The lowest BCUT2D eigenvalue weighted by atomic mass is 10.0. The molecule has 1 amide bonds. The van der Waals surface area contributed by atoms with Gasteiger partial charge < -0.3 is 4.74 Å². The predicted molar refractivity (Wildman–Crippen MR) is 88.9 cm³/mol. The Morgan fingerprint density at radius 2 is 2.00 bits per heavy atom. The van der Waals surface area contributed by atoms with Crippen molar-refractivity contribution >= 4 is 17.9 Å². The van der Waals surface area contributed by atoms with E-state index in [1.165, 1.54) is 22.3 Å². The summed E-state index contributed by atoms with van der Waals surface area (Å²) in [6.07, 6.45) is 0.733. The van der Waals surface area contributed by atoms with E-state index in [4.69, 9.17) is 4.74 Å². The SMILES string of the molecule is O=C(OCc1cccc2c1Cc1ccccc1-2)N1CCSC1. The maximum atomic E-state index is 12.0. The van der Waals surface area contributed by atoms with E-state index in [0.29, 0.717) is 6.61 Å². The van der Waals surface area contributed by atoms with Crippen molar-refractivity contribution in [2.45, 2.75) is 13.0 Å². The van der Waals surface area contributed by atoms with E-state index in [1.807, 2.05) is 0 Å². The third-order valence-corrected chi connectivity index (χ3v) is 5.28. The van der Waals surface area contributed by atoms with E-state index in [1.54, 1.807) is 16.7 Å². The van der Waals surface area contributed by atoms with Crippen LogP contribution < -0.4 is 0 Å². The van der Waals surface area contributed by atoms with Crippen molar-refractivity contribution in [3.63, 3.8) is 0 Å². The molecule has 0 N–H and O–H groups in total. The van der Waals surface area contributed by atoms with E-state index in [2.05, 4.69) is 42.5 Å². The molecule has 1 saturated heterocycles. The van der Waals surface area contributed by atoms with Crippen molar-refractivity contribution in [1.82, 2.24) is 4.90 Å². The van der Waals surface area contributed by atoms with Crippen LogP contribution in [0.15, 0.2) is 42.5 Å². The minimum atomic E-state index is -0.196. The summed E-state index contributed by atoms with van der Waals surface area (Å²) in [6.45, 7) is 1.15. The maximum absolute atomic E-state index is 12.0. The fourth-order valence-electron chi connectivity index (χ4n) is 3.15. The number of hydrogen-bond donors (Lipinski definition) is 0. The van der Waals surface area contributed by atoms with Gasteiger partial charge in [-0.3, -0.25) is 4.90 Å². The summed E-state index contributed by atoms with van der Waals surface area (Å²) in [7, 11) is 0. The van der Waals surface area contributed by atoms with Gasteiger partial charge in [0, 0.05) is 12.3 Å². The van der Waals surface area contributed by atoms with Crippen LogP contribution in [0.5, 0.6) is 0 Å². The van der Waals surface area contributed by atoms with Crippen molar-refractivity contribution in [2.24, 2.45) is 0 Å². The Balaban J connectivity index is 1.53. The molecule has 0 radical (unpaired) electrons. The van der Waals surface area contributed by atoms with Crippen LogP contribution in [0, 0.1) is 0 Å². The lowest BCUT2D eigenvalue weighted by molar-refractivity contribution is 0.106. The van der Waals surface area contributed by atoms with E-state index in [9.17, 15) is 4.79 Å². The second-order valence-electron chi connectivity index (χ2n) is 5.63. The number of ether oxygens (including phenoxy) is 1. The molecule has 0 saturated carbocycles. The first-order valence-electron chi connectivity index (χ1n) is 7.51. The van der Waals surface area contributed by atoms with Crippen LogP contribution in [-0.2, 0) is 17.8 Å². The smallest absolute Gasteiger partial charge is 0.410 e. The Hall–Kier alpha value is -1.94. The number of carbonyl (C=O) groups is 1. The Labute approximate surface area is 134 Å². The molecule has 4 rings (SSSR count). The number of amides is 1. The van der Waals surface area contributed by atoms with Crippen LogP contribution in [0.2, 0.25) is 0 Å². The Bertz CT molecular complexity index is 723. The van der Waals surface area contributed by atoms with Gasteiger partial charge in [0.15, 0.2) is 0 Å². The first kappa shape index (κ1) is 13.7. The van der Waals surface area contributed by atoms with Crippen LogP contribution in [0.25, 0.3) is 11.1 Å². The van der Waals surface area contributed by atoms with Crippen LogP contribution in [0.3, 0.4) is 0 Å². The first-order chi connectivity index (χ1) is 10.8. The number of hydrogen-bond acceptors (Lipinski definition) is 3. The van der Waals surface area contributed by atoms with Gasteiger partial charge in [-0.1, -0.05) is 42.5 Å². The van der Waals surface area contributed by atoms with E-state index < -0.39 is 0 Å². The molecule has 112 valence electrons. The summed E-state index contributed by atoms with van der Waals surface area (Å²) in [6, 6.07) is 14.8. The minimum absolute atomic E-state index is 0.196. The fourth-order valence-corrected chi connectivity index (χ4v) is 4.08. The lowest BCUT2D eigenvalue weighted by Gasteiger charge is -2.15. The molecule has 1 heterocycles. The fraction of sp³-hybridized carbons (Fsp3) is 0.278. The molecular weight excluding hydrogens is 294 g/mol. The summed E-state index contributed by atoms with van der Waals surface area (Å²) in [4.78, 5) is 13.8. The second-order valence-corrected chi connectivity index (χ2v) is 6.71. The number of carbonyl (C=O) groups excluding carboxylic acids is 1. The molecule has 1 aliphatic heterocycles. The molecule has 22 heavy (non-hydrogen) atoms.